The van der Waals surface area contributed by atoms with Gasteiger partial charge in [-0.3, -0.25) is 9.69 Å². The van der Waals surface area contributed by atoms with Gasteiger partial charge in [0, 0.05) is 13.0 Å². The quantitative estimate of drug-likeness (QED) is 0.672. The summed E-state index contributed by atoms with van der Waals surface area (Å²) in [5, 5.41) is 8.52. The van der Waals surface area contributed by atoms with Crippen LogP contribution in [0.15, 0.2) is 18.2 Å². The molecule has 1 aliphatic rings. The average Bonchev–Trinajstić information content (AvgIpc) is 2.58. The zero-order valence-corrected chi connectivity index (χ0v) is 8.61. The maximum absolute atomic E-state index is 11.5. The summed E-state index contributed by atoms with van der Waals surface area (Å²) in [5.74, 6) is 0.458. The van der Waals surface area contributed by atoms with Gasteiger partial charge in [-0.25, -0.2) is 4.98 Å². The lowest BCUT2D eigenvalue weighted by atomic mass is 10.3. The average molecular weight is 222 g/mol. The number of hydrogen-bond donors (Lipinski definition) is 0. The molecule has 0 radical (unpaired) electrons. The van der Waals surface area contributed by atoms with E-state index in [1.807, 2.05) is 6.07 Å². The van der Waals surface area contributed by atoms with Gasteiger partial charge in [0.2, 0.25) is 5.91 Å². The van der Waals surface area contributed by atoms with E-state index in [1.165, 1.54) is 4.90 Å². The van der Waals surface area contributed by atoms with Crippen molar-refractivity contribution in [3.8, 4) is 6.07 Å². The number of halogens is 1. The molecule has 2 rings (SSSR count). The number of carbonyl (C=O) groups excluding carboxylic acids is 1. The molecule has 0 saturated carbocycles. The van der Waals surface area contributed by atoms with E-state index in [4.69, 9.17) is 16.9 Å². The molecule has 1 unspecified atom stereocenters. The molecular formula is C10H8ClN3O. The molecule has 1 aromatic rings. The first-order chi connectivity index (χ1) is 7.20. The molecule has 2 heterocycles. The molecule has 4 nitrogen and oxygen atoms in total. The summed E-state index contributed by atoms with van der Waals surface area (Å²) >= 11 is 5.87. The second kappa shape index (κ2) is 3.87. The lowest BCUT2D eigenvalue weighted by Gasteiger charge is -2.14. The van der Waals surface area contributed by atoms with Gasteiger partial charge >= 0.3 is 0 Å². The number of aromatic nitrogens is 1. The Balaban J connectivity index is 2.30. The third kappa shape index (κ3) is 1.92. The molecule has 0 spiro atoms. The minimum absolute atomic E-state index is 0.0439. The second-order valence-electron chi connectivity index (χ2n) is 3.30. The summed E-state index contributed by atoms with van der Waals surface area (Å²) in [6, 6.07) is 6.94. The number of amides is 1. The van der Waals surface area contributed by atoms with Gasteiger partial charge in [-0.15, -0.1) is 11.6 Å². The maximum Gasteiger partial charge on any atom is 0.229 e. The molecule has 0 bridgehead atoms. The van der Waals surface area contributed by atoms with Crippen molar-refractivity contribution in [1.82, 2.24) is 4.98 Å². The van der Waals surface area contributed by atoms with Gasteiger partial charge in [-0.05, 0) is 12.1 Å². The molecular weight excluding hydrogens is 214 g/mol. The smallest absolute Gasteiger partial charge is 0.229 e. The molecule has 0 N–H and O–H groups in total. The molecule has 1 amide bonds. The lowest BCUT2D eigenvalue weighted by Crippen LogP contribution is -2.25. The van der Waals surface area contributed by atoms with Gasteiger partial charge in [0.05, 0.1) is 5.38 Å². The molecule has 0 aliphatic carbocycles. The fourth-order valence-electron chi connectivity index (χ4n) is 1.52. The highest BCUT2D eigenvalue weighted by Gasteiger charge is 2.29. The second-order valence-corrected chi connectivity index (χ2v) is 3.92. The van der Waals surface area contributed by atoms with Gasteiger partial charge < -0.3 is 0 Å². The van der Waals surface area contributed by atoms with Crippen LogP contribution < -0.4 is 4.90 Å². The van der Waals surface area contributed by atoms with Gasteiger partial charge in [0.1, 0.15) is 17.6 Å². The number of rotatable bonds is 1. The normalized spacial score (nSPS) is 20.4. The first-order valence-corrected chi connectivity index (χ1v) is 4.96. The first kappa shape index (κ1) is 9.94. The third-order valence-electron chi connectivity index (χ3n) is 2.20. The Bertz CT molecular complexity index is 441. The van der Waals surface area contributed by atoms with E-state index in [0.717, 1.165) is 0 Å². The van der Waals surface area contributed by atoms with Crippen molar-refractivity contribution >= 4 is 23.3 Å². The van der Waals surface area contributed by atoms with E-state index in [9.17, 15) is 4.79 Å². The van der Waals surface area contributed by atoms with E-state index in [2.05, 4.69) is 4.98 Å². The molecule has 1 atom stereocenters. The van der Waals surface area contributed by atoms with E-state index in [-0.39, 0.29) is 11.3 Å². The Morgan fingerprint density at radius 3 is 3.00 bits per heavy atom. The molecule has 1 aromatic heterocycles. The van der Waals surface area contributed by atoms with Crippen LogP contribution in [-0.2, 0) is 4.79 Å². The standard InChI is InChI=1S/C10H8ClN3O/c11-7-4-10(15)14(6-7)9-3-1-2-8(5-12)13-9/h1-3,7H,4,6H2. The van der Waals surface area contributed by atoms with Crippen molar-refractivity contribution < 1.29 is 4.79 Å². The predicted molar refractivity (Wildman–Crippen MR) is 55.6 cm³/mol. The summed E-state index contributed by atoms with van der Waals surface area (Å²) in [4.78, 5) is 17.1. The summed E-state index contributed by atoms with van der Waals surface area (Å²) < 4.78 is 0. The Hall–Kier alpha value is -1.60. The topological polar surface area (TPSA) is 57.0 Å². The van der Waals surface area contributed by atoms with Crippen molar-refractivity contribution in [2.75, 3.05) is 11.4 Å². The minimum Gasteiger partial charge on any atom is -0.295 e. The van der Waals surface area contributed by atoms with Crippen LogP contribution in [0.25, 0.3) is 0 Å². The monoisotopic (exact) mass is 221 g/mol. The van der Waals surface area contributed by atoms with Crippen LogP contribution in [0.3, 0.4) is 0 Å². The summed E-state index contributed by atoms with van der Waals surface area (Å²) in [7, 11) is 0. The Labute approximate surface area is 92.1 Å². The Morgan fingerprint density at radius 1 is 1.60 bits per heavy atom. The van der Waals surface area contributed by atoms with Crippen molar-refractivity contribution in [3.05, 3.63) is 23.9 Å². The molecule has 15 heavy (non-hydrogen) atoms. The van der Waals surface area contributed by atoms with Crippen LogP contribution in [0.5, 0.6) is 0 Å². The van der Waals surface area contributed by atoms with E-state index < -0.39 is 0 Å². The zero-order chi connectivity index (χ0) is 10.8. The fraction of sp³-hybridized carbons (Fsp3) is 0.300. The van der Waals surface area contributed by atoms with Crippen molar-refractivity contribution in [1.29, 1.82) is 5.26 Å². The summed E-state index contributed by atoms with van der Waals surface area (Å²) in [6.07, 6.45) is 0.333. The summed E-state index contributed by atoms with van der Waals surface area (Å²) in [6.45, 7) is 0.461. The SMILES string of the molecule is N#Cc1cccc(N2CC(Cl)CC2=O)n1. The van der Waals surface area contributed by atoms with Crippen LogP contribution in [0.1, 0.15) is 12.1 Å². The number of nitriles is 1. The molecule has 5 heteroatoms. The molecule has 1 aliphatic heterocycles. The minimum atomic E-state index is -0.162. The zero-order valence-electron chi connectivity index (χ0n) is 7.85. The predicted octanol–water partition coefficient (Wildman–Crippen LogP) is 1.30. The van der Waals surface area contributed by atoms with Gasteiger partial charge in [-0.1, -0.05) is 6.07 Å². The Kier molecular flexibility index (Phi) is 2.57. The van der Waals surface area contributed by atoms with E-state index in [0.29, 0.717) is 24.5 Å². The first-order valence-electron chi connectivity index (χ1n) is 4.52. The van der Waals surface area contributed by atoms with Gasteiger partial charge in [-0.2, -0.15) is 5.26 Å². The van der Waals surface area contributed by atoms with E-state index in [1.54, 1.807) is 18.2 Å². The Morgan fingerprint density at radius 2 is 2.40 bits per heavy atom. The highest BCUT2D eigenvalue weighted by atomic mass is 35.5. The number of hydrogen-bond acceptors (Lipinski definition) is 3. The fourth-order valence-corrected chi connectivity index (χ4v) is 1.79. The van der Waals surface area contributed by atoms with Crippen molar-refractivity contribution in [3.63, 3.8) is 0 Å². The molecule has 0 aromatic carbocycles. The van der Waals surface area contributed by atoms with Crippen LogP contribution in [0.2, 0.25) is 0 Å². The van der Waals surface area contributed by atoms with Crippen LogP contribution in [0, 0.1) is 11.3 Å². The highest BCUT2D eigenvalue weighted by Crippen LogP contribution is 2.22. The summed E-state index contributed by atoms with van der Waals surface area (Å²) in [5.41, 5.74) is 0.304. The van der Waals surface area contributed by atoms with Crippen LogP contribution in [-0.4, -0.2) is 22.8 Å². The maximum atomic E-state index is 11.5. The van der Waals surface area contributed by atoms with Crippen LogP contribution >= 0.6 is 11.6 Å². The van der Waals surface area contributed by atoms with Crippen molar-refractivity contribution in [2.24, 2.45) is 0 Å². The third-order valence-corrected chi connectivity index (χ3v) is 2.50. The number of nitrogens with zero attached hydrogens (tertiary/aromatic N) is 3. The van der Waals surface area contributed by atoms with Crippen molar-refractivity contribution in [2.45, 2.75) is 11.8 Å². The van der Waals surface area contributed by atoms with Gasteiger partial charge in [0.15, 0.2) is 0 Å². The number of alkyl halides is 1. The molecule has 76 valence electrons. The largest absolute Gasteiger partial charge is 0.295 e. The molecule has 1 saturated heterocycles. The number of anilines is 1. The highest BCUT2D eigenvalue weighted by molar-refractivity contribution is 6.24. The molecule has 1 fully saturated rings. The van der Waals surface area contributed by atoms with Crippen LogP contribution in [0.4, 0.5) is 5.82 Å². The van der Waals surface area contributed by atoms with Gasteiger partial charge in [0.25, 0.3) is 0 Å². The number of pyridine rings is 1. The number of carbonyl (C=O) groups is 1. The van der Waals surface area contributed by atoms with E-state index >= 15 is 0 Å². The lowest BCUT2D eigenvalue weighted by molar-refractivity contribution is -0.117.